The molecule has 4 nitrogen and oxygen atoms in total. The molecule has 1 aromatic rings. The second kappa shape index (κ2) is 5.78. The number of halogens is 1. The molecule has 0 amide bonds. The van der Waals surface area contributed by atoms with Crippen LogP contribution in [0.5, 0.6) is 0 Å². The van der Waals surface area contributed by atoms with E-state index in [9.17, 15) is 4.79 Å². The smallest absolute Gasteiger partial charge is 0.271 e. The lowest BCUT2D eigenvalue weighted by Gasteiger charge is -2.20. The Bertz CT molecular complexity index is 437. The highest BCUT2D eigenvalue weighted by atomic mass is 35.5. The maximum Gasteiger partial charge on any atom is 0.271 e. The first kappa shape index (κ1) is 12.8. The summed E-state index contributed by atoms with van der Waals surface area (Å²) in [6.45, 7) is 2.17. The van der Waals surface area contributed by atoms with Gasteiger partial charge in [0.25, 0.3) is 5.56 Å². The molecule has 6 heteroatoms. The lowest BCUT2D eigenvalue weighted by molar-refractivity contribution is 0.761. The van der Waals surface area contributed by atoms with Gasteiger partial charge in [0.05, 0.1) is 6.33 Å². The number of hydrogen-bond acceptors (Lipinski definition) is 4. The Morgan fingerprint density at radius 1 is 1.65 bits per heavy atom. The van der Waals surface area contributed by atoms with Crippen LogP contribution >= 0.6 is 23.4 Å². The average Bonchev–Trinajstić information content (AvgIpc) is 2.73. The number of nitrogens with one attached hydrogen (secondary N) is 2. The molecule has 1 saturated carbocycles. The molecule has 0 aromatic carbocycles. The molecule has 1 aliphatic carbocycles. The van der Waals surface area contributed by atoms with Crippen molar-refractivity contribution < 1.29 is 0 Å². The average molecular weight is 274 g/mol. The van der Waals surface area contributed by atoms with Gasteiger partial charge in [-0.25, -0.2) is 4.98 Å². The Kier molecular flexibility index (Phi) is 4.34. The van der Waals surface area contributed by atoms with Crippen LogP contribution in [0.1, 0.15) is 26.2 Å². The maximum atomic E-state index is 11.3. The first-order valence-electron chi connectivity index (χ1n) is 5.83. The Morgan fingerprint density at radius 2 is 2.47 bits per heavy atom. The summed E-state index contributed by atoms with van der Waals surface area (Å²) in [7, 11) is 0. The zero-order valence-corrected chi connectivity index (χ0v) is 11.3. The molecule has 2 atom stereocenters. The quantitative estimate of drug-likeness (QED) is 0.885. The summed E-state index contributed by atoms with van der Waals surface area (Å²) in [5, 5.41) is 4.05. The standard InChI is InChI=1S/C11H16ClN3OS/c1-2-17-8-5-3-4-7(8)15-10-9(12)11(16)14-6-13-10/h6-8H,2-5H2,1H3,(H2,13,14,15,16). The van der Waals surface area contributed by atoms with Gasteiger partial charge < -0.3 is 10.3 Å². The first-order chi connectivity index (χ1) is 8.22. The molecule has 2 rings (SSSR count). The Labute approximate surface area is 110 Å². The zero-order chi connectivity index (χ0) is 12.3. The maximum absolute atomic E-state index is 11.3. The molecule has 1 fully saturated rings. The molecular weight excluding hydrogens is 258 g/mol. The zero-order valence-electron chi connectivity index (χ0n) is 9.70. The van der Waals surface area contributed by atoms with Crippen LogP contribution in [0.2, 0.25) is 5.02 Å². The summed E-state index contributed by atoms with van der Waals surface area (Å²) in [5.41, 5.74) is -0.290. The van der Waals surface area contributed by atoms with Crippen LogP contribution in [0.25, 0.3) is 0 Å². The summed E-state index contributed by atoms with van der Waals surface area (Å²) in [5.74, 6) is 1.61. The van der Waals surface area contributed by atoms with E-state index in [1.165, 1.54) is 19.2 Å². The van der Waals surface area contributed by atoms with E-state index < -0.39 is 0 Å². The van der Waals surface area contributed by atoms with Crippen molar-refractivity contribution in [3.05, 3.63) is 21.7 Å². The monoisotopic (exact) mass is 273 g/mol. The first-order valence-corrected chi connectivity index (χ1v) is 7.26. The predicted octanol–water partition coefficient (Wildman–Crippen LogP) is 2.51. The third-order valence-electron chi connectivity index (χ3n) is 2.95. The predicted molar refractivity (Wildman–Crippen MR) is 73.0 cm³/mol. The number of hydrogen-bond donors (Lipinski definition) is 2. The molecule has 1 aliphatic rings. The SMILES string of the molecule is CCSC1CCCC1Nc1nc[nH]c(=O)c1Cl. The van der Waals surface area contributed by atoms with E-state index in [0.29, 0.717) is 17.1 Å². The number of anilines is 1. The summed E-state index contributed by atoms with van der Waals surface area (Å²) < 4.78 is 0. The van der Waals surface area contributed by atoms with Crippen molar-refractivity contribution in [2.45, 2.75) is 37.5 Å². The minimum atomic E-state index is -0.290. The van der Waals surface area contributed by atoms with Gasteiger partial charge in [-0.15, -0.1) is 0 Å². The lowest BCUT2D eigenvalue weighted by atomic mass is 10.2. The lowest BCUT2D eigenvalue weighted by Crippen LogP contribution is -2.27. The van der Waals surface area contributed by atoms with Crippen molar-refractivity contribution in [3.8, 4) is 0 Å². The van der Waals surface area contributed by atoms with E-state index in [1.807, 2.05) is 11.8 Å². The third-order valence-corrected chi connectivity index (χ3v) is 4.63. The largest absolute Gasteiger partial charge is 0.365 e. The Balaban J connectivity index is 2.09. The van der Waals surface area contributed by atoms with Crippen LogP contribution in [0.15, 0.2) is 11.1 Å². The van der Waals surface area contributed by atoms with Crippen molar-refractivity contribution in [2.75, 3.05) is 11.1 Å². The normalized spacial score (nSPS) is 23.9. The number of rotatable bonds is 4. The van der Waals surface area contributed by atoms with E-state index in [-0.39, 0.29) is 10.6 Å². The molecule has 2 N–H and O–H groups in total. The van der Waals surface area contributed by atoms with E-state index in [1.54, 1.807) is 0 Å². The molecule has 0 spiro atoms. The number of aromatic amines is 1. The number of aromatic nitrogens is 2. The molecular formula is C11H16ClN3OS. The fourth-order valence-electron chi connectivity index (χ4n) is 2.16. The summed E-state index contributed by atoms with van der Waals surface area (Å²) in [6.07, 6.45) is 4.93. The van der Waals surface area contributed by atoms with Gasteiger partial charge in [0.2, 0.25) is 0 Å². The van der Waals surface area contributed by atoms with E-state index in [2.05, 4.69) is 22.2 Å². The summed E-state index contributed by atoms with van der Waals surface area (Å²) in [4.78, 5) is 17.9. The van der Waals surface area contributed by atoms with E-state index in [0.717, 1.165) is 12.2 Å². The fraction of sp³-hybridized carbons (Fsp3) is 0.636. The van der Waals surface area contributed by atoms with Crippen LogP contribution in [-0.4, -0.2) is 27.0 Å². The number of H-pyrrole nitrogens is 1. The van der Waals surface area contributed by atoms with Gasteiger partial charge in [0.15, 0.2) is 5.82 Å². The van der Waals surface area contributed by atoms with Crippen LogP contribution in [0.4, 0.5) is 5.82 Å². The molecule has 0 radical (unpaired) electrons. The summed E-state index contributed by atoms with van der Waals surface area (Å²) in [6, 6.07) is 0.367. The second-order valence-corrected chi connectivity index (χ2v) is 5.96. The molecule has 94 valence electrons. The van der Waals surface area contributed by atoms with Crippen LogP contribution in [-0.2, 0) is 0 Å². The topological polar surface area (TPSA) is 57.8 Å². The molecule has 1 heterocycles. The molecule has 17 heavy (non-hydrogen) atoms. The molecule has 2 unspecified atom stereocenters. The van der Waals surface area contributed by atoms with Crippen molar-refractivity contribution in [1.29, 1.82) is 0 Å². The second-order valence-electron chi connectivity index (χ2n) is 4.07. The Morgan fingerprint density at radius 3 is 3.24 bits per heavy atom. The van der Waals surface area contributed by atoms with Crippen LogP contribution < -0.4 is 10.9 Å². The van der Waals surface area contributed by atoms with Gasteiger partial charge in [-0.2, -0.15) is 11.8 Å². The highest BCUT2D eigenvalue weighted by Crippen LogP contribution is 2.32. The highest BCUT2D eigenvalue weighted by molar-refractivity contribution is 7.99. The number of nitrogens with zero attached hydrogens (tertiary/aromatic N) is 1. The van der Waals surface area contributed by atoms with E-state index in [4.69, 9.17) is 11.6 Å². The molecule has 1 aromatic heterocycles. The van der Waals surface area contributed by atoms with Crippen LogP contribution in [0.3, 0.4) is 0 Å². The van der Waals surface area contributed by atoms with Crippen LogP contribution in [0, 0.1) is 0 Å². The summed E-state index contributed by atoms with van der Waals surface area (Å²) >= 11 is 7.88. The van der Waals surface area contributed by atoms with Gasteiger partial charge in [-0.05, 0) is 18.6 Å². The minimum absolute atomic E-state index is 0.152. The highest BCUT2D eigenvalue weighted by Gasteiger charge is 2.27. The van der Waals surface area contributed by atoms with Crippen molar-refractivity contribution in [3.63, 3.8) is 0 Å². The van der Waals surface area contributed by atoms with E-state index >= 15 is 0 Å². The van der Waals surface area contributed by atoms with Gasteiger partial charge >= 0.3 is 0 Å². The fourth-order valence-corrected chi connectivity index (χ4v) is 3.52. The molecule has 0 aliphatic heterocycles. The third kappa shape index (κ3) is 2.96. The van der Waals surface area contributed by atoms with Gasteiger partial charge in [0.1, 0.15) is 5.02 Å². The number of thioether (sulfide) groups is 1. The van der Waals surface area contributed by atoms with Crippen molar-refractivity contribution >= 4 is 29.2 Å². The van der Waals surface area contributed by atoms with Gasteiger partial charge in [0, 0.05) is 11.3 Å². The minimum Gasteiger partial charge on any atom is -0.365 e. The molecule has 0 saturated heterocycles. The molecule has 0 bridgehead atoms. The van der Waals surface area contributed by atoms with Crippen molar-refractivity contribution in [1.82, 2.24) is 9.97 Å². The van der Waals surface area contributed by atoms with Gasteiger partial charge in [-0.1, -0.05) is 24.9 Å². The van der Waals surface area contributed by atoms with Crippen molar-refractivity contribution in [2.24, 2.45) is 0 Å². The Hall–Kier alpha value is -0.680. The van der Waals surface area contributed by atoms with Gasteiger partial charge in [-0.3, -0.25) is 4.79 Å².